The Morgan fingerprint density at radius 3 is 2.81 bits per heavy atom. The predicted octanol–water partition coefficient (Wildman–Crippen LogP) is 1.84. The number of nitro groups is 1. The molecular formula is C14H20N4O3. The van der Waals surface area contributed by atoms with Crippen LogP contribution in [0, 0.1) is 10.1 Å². The van der Waals surface area contributed by atoms with Gasteiger partial charge in [-0.3, -0.25) is 14.9 Å². The highest BCUT2D eigenvalue weighted by Crippen LogP contribution is 2.34. The van der Waals surface area contributed by atoms with Crippen molar-refractivity contribution < 1.29 is 9.72 Å². The van der Waals surface area contributed by atoms with E-state index in [0.717, 1.165) is 13.0 Å². The smallest absolute Gasteiger partial charge is 0.292 e. The Labute approximate surface area is 123 Å². The Hall–Kier alpha value is -2.15. The van der Waals surface area contributed by atoms with E-state index < -0.39 is 4.92 Å². The third-order valence-corrected chi connectivity index (χ3v) is 3.45. The molecule has 1 aromatic carbocycles. The lowest BCUT2D eigenvalue weighted by atomic mass is 10.1. The van der Waals surface area contributed by atoms with Crippen LogP contribution in [-0.2, 0) is 11.2 Å². The molecule has 114 valence electrons. The van der Waals surface area contributed by atoms with Crippen molar-refractivity contribution in [3.05, 3.63) is 27.8 Å². The molecule has 1 aliphatic heterocycles. The zero-order chi connectivity index (χ0) is 15.6. The molecule has 2 N–H and O–H groups in total. The molecule has 1 heterocycles. The van der Waals surface area contributed by atoms with E-state index in [4.69, 9.17) is 0 Å². The third-order valence-electron chi connectivity index (χ3n) is 3.45. The van der Waals surface area contributed by atoms with Crippen molar-refractivity contribution in [1.29, 1.82) is 0 Å². The van der Waals surface area contributed by atoms with Crippen LogP contribution in [-0.4, -0.2) is 42.4 Å². The molecule has 21 heavy (non-hydrogen) atoms. The first-order chi connectivity index (χ1) is 9.86. The van der Waals surface area contributed by atoms with Crippen LogP contribution in [0.3, 0.4) is 0 Å². The zero-order valence-electron chi connectivity index (χ0n) is 12.5. The molecule has 0 saturated heterocycles. The second-order valence-electron chi connectivity index (χ2n) is 5.65. The quantitative estimate of drug-likeness (QED) is 0.617. The van der Waals surface area contributed by atoms with Crippen LogP contribution in [0.4, 0.5) is 17.1 Å². The maximum absolute atomic E-state index is 11.4. The number of hydrogen-bond acceptors (Lipinski definition) is 5. The molecule has 0 saturated carbocycles. The van der Waals surface area contributed by atoms with E-state index >= 15 is 0 Å². The lowest BCUT2D eigenvalue weighted by Crippen LogP contribution is -2.23. The van der Waals surface area contributed by atoms with Crippen LogP contribution in [0.15, 0.2) is 12.1 Å². The van der Waals surface area contributed by atoms with Crippen molar-refractivity contribution in [3.8, 4) is 0 Å². The lowest BCUT2D eigenvalue weighted by Gasteiger charge is -2.18. The monoisotopic (exact) mass is 292 g/mol. The van der Waals surface area contributed by atoms with Gasteiger partial charge in [0.1, 0.15) is 5.69 Å². The number of amides is 1. The molecule has 1 atom stereocenters. The minimum atomic E-state index is -0.413. The fourth-order valence-electron chi connectivity index (χ4n) is 2.32. The van der Waals surface area contributed by atoms with Gasteiger partial charge in [-0.1, -0.05) is 0 Å². The number of nitrogens with one attached hydrogen (secondary N) is 2. The van der Waals surface area contributed by atoms with E-state index in [2.05, 4.69) is 15.5 Å². The van der Waals surface area contributed by atoms with E-state index in [1.807, 2.05) is 21.0 Å². The number of carbonyl (C=O) groups is 1. The fraction of sp³-hybridized carbons (Fsp3) is 0.500. The van der Waals surface area contributed by atoms with Crippen molar-refractivity contribution in [2.75, 3.05) is 31.3 Å². The SMILES string of the molecule is CC(CCN(C)C)Nc1cc2c(cc1[N+](=O)[O-])CC(=O)N2. The van der Waals surface area contributed by atoms with Gasteiger partial charge in [-0.2, -0.15) is 0 Å². The number of rotatable bonds is 6. The molecule has 0 radical (unpaired) electrons. The molecule has 0 spiro atoms. The minimum Gasteiger partial charge on any atom is -0.377 e. The van der Waals surface area contributed by atoms with Gasteiger partial charge in [-0.25, -0.2) is 0 Å². The van der Waals surface area contributed by atoms with Crippen LogP contribution >= 0.6 is 0 Å². The number of hydrogen-bond donors (Lipinski definition) is 2. The first-order valence-corrected chi connectivity index (χ1v) is 6.89. The van der Waals surface area contributed by atoms with Gasteiger partial charge in [0.2, 0.25) is 5.91 Å². The number of anilines is 2. The summed E-state index contributed by atoms with van der Waals surface area (Å²) in [5.41, 5.74) is 1.81. The average Bonchev–Trinajstić information content (AvgIpc) is 2.74. The summed E-state index contributed by atoms with van der Waals surface area (Å²) < 4.78 is 0. The van der Waals surface area contributed by atoms with Gasteiger partial charge >= 0.3 is 0 Å². The molecule has 0 fully saturated rings. The zero-order valence-corrected chi connectivity index (χ0v) is 12.5. The Morgan fingerprint density at radius 2 is 2.19 bits per heavy atom. The van der Waals surface area contributed by atoms with Crippen molar-refractivity contribution in [2.24, 2.45) is 0 Å². The molecule has 0 aromatic heterocycles. The third kappa shape index (κ3) is 3.69. The van der Waals surface area contributed by atoms with Gasteiger partial charge in [-0.15, -0.1) is 0 Å². The van der Waals surface area contributed by atoms with Crippen LogP contribution in [0.25, 0.3) is 0 Å². The minimum absolute atomic E-state index is 0.0157. The highest BCUT2D eigenvalue weighted by atomic mass is 16.6. The molecular weight excluding hydrogens is 272 g/mol. The van der Waals surface area contributed by atoms with Gasteiger partial charge in [0, 0.05) is 17.8 Å². The summed E-state index contributed by atoms with van der Waals surface area (Å²) in [5.74, 6) is -0.128. The normalized spacial score (nSPS) is 14.8. The summed E-state index contributed by atoms with van der Waals surface area (Å²) in [6.45, 7) is 2.88. The molecule has 0 bridgehead atoms. The summed E-state index contributed by atoms with van der Waals surface area (Å²) in [5, 5.41) is 17.1. The highest BCUT2D eigenvalue weighted by Gasteiger charge is 2.25. The van der Waals surface area contributed by atoms with E-state index in [1.165, 1.54) is 6.07 Å². The molecule has 2 rings (SSSR count). The number of nitro benzene ring substituents is 1. The standard InChI is InChI=1S/C14H20N4O3/c1-9(4-5-17(2)3)15-12-8-11-10(7-14(19)16-11)6-13(12)18(20)21/h6,8-9,15H,4-5,7H2,1-3H3,(H,16,19). The number of benzene rings is 1. The summed E-state index contributed by atoms with van der Waals surface area (Å²) in [6, 6.07) is 3.24. The Balaban J connectivity index is 2.20. The molecule has 7 heteroatoms. The first-order valence-electron chi connectivity index (χ1n) is 6.89. The molecule has 1 unspecified atom stereocenters. The van der Waals surface area contributed by atoms with E-state index in [0.29, 0.717) is 16.9 Å². The second kappa shape index (κ2) is 6.09. The summed E-state index contributed by atoms with van der Waals surface area (Å²) >= 11 is 0. The van der Waals surface area contributed by atoms with Gasteiger partial charge in [0.25, 0.3) is 5.69 Å². The first kappa shape index (κ1) is 15.2. The van der Waals surface area contributed by atoms with E-state index in [1.54, 1.807) is 6.07 Å². The molecule has 1 aromatic rings. The Bertz CT molecular complexity index is 572. The molecule has 1 amide bonds. The highest BCUT2D eigenvalue weighted by molar-refractivity contribution is 6.00. The van der Waals surface area contributed by atoms with E-state index in [9.17, 15) is 14.9 Å². The number of fused-ring (bicyclic) bond motifs is 1. The van der Waals surface area contributed by atoms with Crippen molar-refractivity contribution in [3.63, 3.8) is 0 Å². The Morgan fingerprint density at radius 1 is 1.48 bits per heavy atom. The predicted molar refractivity (Wildman–Crippen MR) is 81.7 cm³/mol. The molecule has 7 nitrogen and oxygen atoms in total. The number of carbonyl (C=O) groups excluding carboxylic acids is 1. The van der Waals surface area contributed by atoms with Crippen LogP contribution in [0.5, 0.6) is 0 Å². The van der Waals surface area contributed by atoms with Crippen molar-refractivity contribution >= 4 is 23.0 Å². The molecule has 1 aliphatic rings. The summed E-state index contributed by atoms with van der Waals surface area (Å²) in [7, 11) is 3.97. The van der Waals surface area contributed by atoms with Crippen molar-refractivity contribution in [2.45, 2.75) is 25.8 Å². The van der Waals surface area contributed by atoms with Gasteiger partial charge in [0.15, 0.2) is 0 Å². The summed E-state index contributed by atoms with van der Waals surface area (Å²) in [4.78, 5) is 24.2. The fourth-order valence-corrected chi connectivity index (χ4v) is 2.32. The van der Waals surface area contributed by atoms with Crippen molar-refractivity contribution in [1.82, 2.24) is 4.90 Å². The topological polar surface area (TPSA) is 87.5 Å². The van der Waals surface area contributed by atoms with Crippen LogP contribution in [0.2, 0.25) is 0 Å². The van der Waals surface area contributed by atoms with Crippen LogP contribution in [0.1, 0.15) is 18.9 Å². The van der Waals surface area contributed by atoms with Gasteiger partial charge in [-0.05, 0) is 45.6 Å². The van der Waals surface area contributed by atoms with E-state index in [-0.39, 0.29) is 24.1 Å². The largest absolute Gasteiger partial charge is 0.377 e. The maximum Gasteiger partial charge on any atom is 0.292 e. The lowest BCUT2D eigenvalue weighted by molar-refractivity contribution is -0.384. The molecule has 0 aliphatic carbocycles. The maximum atomic E-state index is 11.4. The van der Waals surface area contributed by atoms with Crippen LogP contribution < -0.4 is 10.6 Å². The van der Waals surface area contributed by atoms with Gasteiger partial charge < -0.3 is 15.5 Å². The second-order valence-corrected chi connectivity index (χ2v) is 5.65. The average molecular weight is 292 g/mol. The Kier molecular flexibility index (Phi) is 4.42. The summed E-state index contributed by atoms with van der Waals surface area (Å²) in [6.07, 6.45) is 1.07. The van der Waals surface area contributed by atoms with Gasteiger partial charge in [0.05, 0.1) is 11.3 Å². The number of nitrogens with zero attached hydrogens (tertiary/aromatic N) is 2.